The fourth-order valence-electron chi connectivity index (χ4n) is 1.14. The summed E-state index contributed by atoms with van der Waals surface area (Å²) in [6, 6.07) is 0. The minimum atomic E-state index is -0.127. The largest absolute Gasteiger partial charge is 0.312 e. The minimum Gasteiger partial charge on any atom is -0.312 e. The minimum absolute atomic E-state index is 0.127. The van der Waals surface area contributed by atoms with Gasteiger partial charge in [0.2, 0.25) is 5.16 Å². The van der Waals surface area contributed by atoms with Gasteiger partial charge in [0.05, 0.1) is 0 Å². The van der Waals surface area contributed by atoms with Crippen molar-refractivity contribution in [3.8, 4) is 0 Å². The quantitative estimate of drug-likeness (QED) is 0.745. The summed E-state index contributed by atoms with van der Waals surface area (Å²) in [6.07, 6.45) is 3.25. The van der Waals surface area contributed by atoms with Crippen molar-refractivity contribution >= 4 is 11.8 Å². The van der Waals surface area contributed by atoms with Crippen molar-refractivity contribution in [3.05, 3.63) is 22.7 Å². The monoisotopic (exact) mass is 238 g/mol. The lowest BCUT2D eigenvalue weighted by Crippen LogP contribution is -2.21. The number of aryl methyl sites for hydroxylation is 2. The SMILES string of the molecule is CCn1ccnc(Sc2nnnn2C)c1=O. The Kier molecular flexibility index (Phi) is 3.00. The molecular weight excluding hydrogens is 228 g/mol. The van der Waals surface area contributed by atoms with E-state index in [4.69, 9.17) is 0 Å². The van der Waals surface area contributed by atoms with E-state index in [9.17, 15) is 4.79 Å². The molecule has 8 heteroatoms. The zero-order chi connectivity index (χ0) is 11.5. The Hall–Kier alpha value is -1.70. The van der Waals surface area contributed by atoms with Gasteiger partial charge in [0, 0.05) is 26.0 Å². The first-order valence-electron chi connectivity index (χ1n) is 4.68. The summed E-state index contributed by atoms with van der Waals surface area (Å²) in [5, 5.41) is 11.9. The van der Waals surface area contributed by atoms with Gasteiger partial charge in [-0.3, -0.25) is 4.79 Å². The summed E-state index contributed by atoms with van der Waals surface area (Å²) in [7, 11) is 1.71. The molecule has 0 amide bonds. The summed E-state index contributed by atoms with van der Waals surface area (Å²) < 4.78 is 3.08. The van der Waals surface area contributed by atoms with Crippen LogP contribution in [0.15, 0.2) is 27.4 Å². The molecular formula is C8H10N6OS. The number of hydrogen-bond acceptors (Lipinski definition) is 6. The molecule has 2 aromatic rings. The highest BCUT2D eigenvalue weighted by atomic mass is 32.2. The first-order valence-corrected chi connectivity index (χ1v) is 5.49. The van der Waals surface area contributed by atoms with Crippen LogP contribution >= 0.6 is 11.8 Å². The van der Waals surface area contributed by atoms with Gasteiger partial charge in [0.15, 0.2) is 5.03 Å². The lowest BCUT2D eigenvalue weighted by molar-refractivity contribution is 0.661. The second-order valence-electron chi connectivity index (χ2n) is 3.01. The maximum atomic E-state index is 11.8. The molecule has 0 unspecified atom stereocenters. The topological polar surface area (TPSA) is 78.5 Å². The predicted molar refractivity (Wildman–Crippen MR) is 57.1 cm³/mol. The predicted octanol–water partition coefficient (Wildman–Crippen LogP) is -0.0621. The van der Waals surface area contributed by atoms with Crippen LogP contribution < -0.4 is 5.56 Å². The fraction of sp³-hybridized carbons (Fsp3) is 0.375. The Morgan fingerprint density at radius 2 is 2.31 bits per heavy atom. The highest BCUT2D eigenvalue weighted by Crippen LogP contribution is 2.18. The Balaban J connectivity index is 2.36. The van der Waals surface area contributed by atoms with Crippen molar-refractivity contribution in [2.24, 2.45) is 7.05 Å². The zero-order valence-corrected chi connectivity index (χ0v) is 9.68. The fourth-order valence-corrected chi connectivity index (χ4v) is 1.88. The van der Waals surface area contributed by atoms with Gasteiger partial charge in [-0.1, -0.05) is 0 Å². The van der Waals surface area contributed by atoms with Gasteiger partial charge in [-0.05, 0) is 29.1 Å². The van der Waals surface area contributed by atoms with E-state index in [-0.39, 0.29) is 5.56 Å². The van der Waals surface area contributed by atoms with Crippen molar-refractivity contribution in [2.45, 2.75) is 23.7 Å². The molecule has 0 aromatic carbocycles. The lowest BCUT2D eigenvalue weighted by Gasteiger charge is -2.02. The smallest absolute Gasteiger partial charge is 0.283 e. The molecule has 0 aliphatic heterocycles. The number of rotatable bonds is 3. The van der Waals surface area contributed by atoms with Gasteiger partial charge < -0.3 is 4.57 Å². The van der Waals surface area contributed by atoms with Crippen molar-refractivity contribution in [1.82, 2.24) is 29.8 Å². The molecule has 0 atom stereocenters. The van der Waals surface area contributed by atoms with E-state index in [0.29, 0.717) is 16.7 Å². The summed E-state index contributed by atoms with van der Waals surface area (Å²) in [5.41, 5.74) is -0.127. The zero-order valence-electron chi connectivity index (χ0n) is 8.86. The van der Waals surface area contributed by atoms with Gasteiger partial charge in [-0.15, -0.1) is 5.10 Å². The van der Waals surface area contributed by atoms with Crippen LogP contribution in [0.1, 0.15) is 6.92 Å². The summed E-state index contributed by atoms with van der Waals surface area (Å²) in [4.78, 5) is 15.9. The third kappa shape index (κ3) is 1.96. The van der Waals surface area contributed by atoms with Gasteiger partial charge in [-0.25, -0.2) is 9.67 Å². The maximum absolute atomic E-state index is 11.8. The third-order valence-corrected chi connectivity index (χ3v) is 2.99. The number of hydrogen-bond donors (Lipinski definition) is 0. The van der Waals surface area contributed by atoms with E-state index >= 15 is 0 Å². The molecule has 7 nitrogen and oxygen atoms in total. The lowest BCUT2D eigenvalue weighted by atomic mass is 10.6. The molecule has 2 heterocycles. The van der Waals surface area contributed by atoms with Crippen LogP contribution in [0.5, 0.6) is 0 Å². The van der Waals surface area contributed by atoms with Crippen LogP contribution in [-0.4, -0.2) is 29.8 Å². The van der Waals surface area contributed by atoms with E-state index in [1.165, 1.54) is 4.68 Å². The molecule has 2 rings (SSSR count). The summed E-state index contributed by atoms with van der Waals surface area (Å²) in [6.45, 7) is 2.52. The van der Waals surface area contributed by atoms with Gasteiger partial charge in [0.1, 0.15) is 0 Å². The van der Waals surface area contributed by atoms with Crippen LogP contribution in [0, 0.1) is 0 Å². The van der Waals surface area contributed by atoms with Crippen molar-refractivity contribution < 1.29 is 0 Å². The molecule has 2 aromatic heterocycles. The van der Waals surface area contributed by atoms with Gasteiger partial charge >= 0.3 is 0 Å². The number of nitrogens with zero attached hydrogens (tertiary/aromatic N) is 6. The standard InChI is InChI=1S/C8H10N6OS/c1-3-14-5-4-9-6(7(14)15)16-8-10-11-12-13(8)2/h4-5H,3H2,1-2H3. The molecule has 0 N–H and O–H groups in total. The second-order valence-corrected chi connectivity index (χ2v) is 3.97. The van der Waals surface area contributed by atoms with Crippen LogP contribution in [0.2, 0.25) is 0 Å². The molecule has 0 bridgehead atoms. The van der Waals surface area contributed by atoms with Crippen LogP contribution in [0.4, 0.5) is 0 Å². The van der Waals surface area contributed by atoms with Crippen molar-refractivity contribution in [1.29, 1.82) is 0 Å². The molecule has 84 valence electrons. The van der Waals surface area contributed by atoms with Crippen LogP contribution in [-0.2, 0) is 13.6 Å². The molecule has 0 aliphatic rings. The Bertz CT molecular complexity index is 547. The first-order chi connectivity index (χ1) is 7.72. The van der Waals surface area contributed by atoms with E-state index < -0.39 is 0 Å². The second kappa shape index (κ2) is 4.44. The molecule has 0 saturated heterocycles. The van der Waals surface area contributed by atoms with E-state index in [0.717, 1.165) is 11.8 Å². The van der Waals surface area contributed by atoms with E-state index in [1.807, 2.05) is 6.92 Å². The Morgan fingerprint density at radius 1 is 1.50 bits per heavy atom. The summed E-state index contributed by atoms with van der Waals surface area (Å²) >= 11 is 1.16. The van der Waals surface area contributed by atoms with Crippen molar-refractivity contribution in [2.75, 3.05) is 0 Å². The van der Waals surface area contributed by atoms with Crippen LogP contribution in [0.3, 0.4) is 0 Å². The molecule has 0 spiro atoms. The Morgan fingerprint density at radius 3 is 2.94 bits per heavy atom. The average Bonchev–Trinajstić information content (AvgIpc) is 2.68. The number of aromatic nitrogens is 6. The van der Waals surface area contributed by atoms with Crippen LogP contribution in [0.25, 0.3) is 0 Å². The Labute approximate surface area is 95.5 Å². The summed E-state index contributed by atoms with van der Waals surface area (Å²) in [5.74, 6) is 0. The van der Waals surface area contributed by atoms with E-state index in [2.05, 4.69) is 20.5 Å². The molecule has 0 radical (unpaired) electrons. The van der Waals surface area contributed by atoms with Gasteiger partial charge in [-0.2, -0.15) is 0 Å². The van der Waals surface area contributed by atoms with Gasteiger partial charge in [0.25, 0.3) is 5.56 Å². The maximum Gasteiger partial charge on any atom is 0.283 e. The highest BCUT2D eigenvalue weighted by Gasteiger charge is 2.10. The third-order valence-electron chi connectivity index (χ3n) is 1.99. The molecule has 0 aliphatic carbocycles. The molecule has 16 heavy (non-hydrogen) atoms. The van der Waals surface area contributed by atoms with E-state index in [1.54, 1.807) is 24.0 Å². The molecule has 0 fully saturated rings. The van der Waals surface area contributed by atoms with Crippen molar-refractivity contribution in [3.63, 3.8) is 0 Å². The normalized spacial score (nSPS) is 10.6. The first kappa shape index (κ1) is 10.8. The highest BCUT2D eigenvalue weighted by molar-refractivity contribution is 7.99. The number of tetrazole rings is 1. The average molecular weight is 238 g/mol. The molecule has 0 saturated carbocycles.